The van der Waals surface area contributed by atoms with Gasteiger partial charge in [0.1, 0.15) is 11.6 Å². The molecule has 1 fully saturated rings. The predicted molar refractivity (Wildman–Crippen MR) is 77.9 cm³/mol. The van der Waals surface area contributed by atoms with Crippen LogP contribution < -0.4 is 10.1 Å². The summed E-state index contributed by atoms with van der Waals surface area (Å²) in [7, 11) is 0. The van der Waals surface area contributed by atoms with Crippen LogP contribution in [0.1, 0.15) is 39.5 Å². The minimum absolute atomic E-state index is 0.0633. The number of hydrogen-bond donors (Lipinski definition) is 2. The average molecular weight is 295 g/mol. The third-order valence-electron chi connectivity index (χ3n) is 3.81. The van der Waals surface area contributed by atoms with Crippen LogP contribution in [0.4, 0.5) is 4.39 Å². The normalized spacial score (nSPS) is 25.8. The number of carboxylic acid groups (broad SMARTS) is 1. The molecule has 0 bridgehead atoms. The topological polar surface area (TPSA) is 58.6 Å². The highest BCUT2D eigenvalue weighted by atomic mass is 19.1. The first kappa shape index (κ1) is 15.8. The van der Waals surface area contributed by atoms with Crippen LogP contribution in [0.15, 0.2) is 24.3 Å². The van der Waals surface area contributed by atoms with Crippen LogP contribution in [0.5, 0.6) is 5.75 Å². The lowest BCUT2D eigenvalue weighted by Gasteiger charge is -2.39. The van der Waals surface area contributed by atoms with Crippen LogP contribution in [0.2, 0.25) is 0 Å². The van der Waals surface area contributed by atoms with E-state index >= 15 is 0 Å². The predicted octanol–water partition coefficient (Wildman–Crippen LogP) is 2.97. The highest BCUT2D eigenvalue weighted by Gasteiger charge is 2.44. The monoisotopic (exact) mass is 295 g/mol. The third-order valence-corrected chi connectivity index (χ3v) is 3.81. The summed E-state index contributed by atoms with van der Waals surface area (Å²) >= 11 is 0. The number of halogens is 1. The number of benzene rings is 1. The molecule has 0 spiro atoms. The molecule has 1 saturated carbocycles. The fraction of sp³-hybridized carbons (Fsp3) is 0.562. The molecule has 0 saturated heterocycles. The summed E-state index contributed by atoms with van der Waals surface area (Å²) in [5.74, 6) is -1.09. The van der Waals surface area contributed by atoms with Crippen LogP contribution in [0, 0.1) is 5.82 Å². The van der Waals surface area contributed by atoms with E-state index in [4.69, 9.17) is 4.74 Å². The molecule has 0 aromatic heterocycles. The third kappa shape index (κ3) is 3.73. The second-order valence-corrected chi connectivity index (χ2v) is 5.95. The minimum Gasteiger partial charge on any atom is -0.487 e. The number of para-hydroxylation sites is 1. The number of nitrogens with one attached hydrogen (secondary N) is 1. The van der Waals surface area contributed by atoms with Gasteiger partial charge in [-0.2, -0.15) is 0 Å². The maximum atomic E-state index is 13.6. The summed E-state index contributed by atoms with van der Waals surface area (Å²) in [5.41, 5.74) is -0.984. The van der Waals surface area contributed by atoms with Crippen molar-refractivity contribution in [2.75, 3.05) is 0 Å². The molecule has 1 aromatic carbocycles. The molecular weight excluding hydrogens is 273 g/mol. The van der Waals surface area contributed by atoms with Gasteiger partial charge in [-0.3, -0.25) is 10.1 Å². The summed E-state index contributed by atoms with van der Waals surface area (Å²) in [4.78, 5) is 11.7. The molecule has 116 valence electrons. The van der Waals surface area contributed by atoms with E-state index in [0.717, 1.165) is 12.8 Å². The Balaban J connectivity index is 2.12. The van der Waals surface area contributed by atoms with E-state index in [2.05, 4.69) is 5.32 Å². The highest BCUT2D eigenvalue weighted by molar-refractivity contribution is 5.79. The summed E-state index contributed by atoms with van der Waals surface area (Å²) < 4.78 is 19.3. The van der Waals surface area contributed by atoms with Crippen molar-refractivity contribution >= 4 is 5.97 Å². The molecular formula is C16H22FNO3. The van der Waals surface area contributed by atoms with Gasteiger partial charge in [0, 0.05) is 12.5 Å². The van der Waals surface area contributed by atoms with Gasteiger partial charge in [0.15, 0.2) is 11.6 Å². The van der Waals surface area contributed by atoms with Crippen molar-refractivity contribution in [2.24, 2.45) is 0 Å². The largest absolute Gasteiger partial charge is 0.487 e. The molecule has 21 heavy (non-hydrogen) atoms. The number of aliphatic carboxylic acids is 1. The van der Waals surface area contributed by atoms with Crippen molar-refractivity contribution in [3.8, 4) is 5.75 Å². The number of carboxylic acids is 1. The summed E-state index contributed by atoms with van der Waals surface area (Å²) in [6.45, 7) is 3.85. The Hall–Kier alpha value is -1.62. The van der Waals surface area contributed by atoms with Gasteiger partial charge in [-0.25, -0.2) is 4.39 Å². The Labute approximate surface area is 124 Å². The Morgan fingerprint density at radius 3 is 2.81 bits per heavy atom. The van der Waals surface area contributed by atoms with Crippen LogP contribution in [0.3, 0.4) is 0 Å². The van der Waals surface area contributed by atoms with Gasteiger partial charge < -0.3 is 9.84 Å². The van der Waals surface area contributed by atoms with E-state index in [1.54, 1.807) is 18.2 Å². The first-order valence-electron chi connectivity index (χ1n) is 7.35. The van der Waals surface area contributed by atoms with Crippen molar-refractivity contribution in [2.45, 2.75) is 57.2 Å². The first-order chi connectivity index (χ1) is 9.93. The SMILES string of the molecule is CC(C)NC1(C(=O)O)CCCC(Oc2ccccc2F)C1. The Bertz CT molecular complexity index is 506. The maximum absolute atomic E-state index is 13.6. The van der Waals surface area contributed by atoms with E-state index in [9.17, 15) is 14.3 Å². The molecule has 1 aromatic rings. The van der Waals surface area contributed by atoms with Crippen LogP contribution >= 0.6 is 0 Å². The van der Waals surface area contributed by atoms with Crippen molar-refractivity contribution < 1.29 is 19.0 Å². The zero-order valence-electron chi connectivity index (χ0n) is 12.4. The number of hydrogen-bond acceptors (Lipinski definition) is 3. The molecule has 2 N–H and O–H groups in total. The van der Waals surface area contributed by atoms with Crippen molar-refractivity contribution in [1.29, 1.82) is 0 Å². The van der Waals surface area contributed by atoms with Gasteiger partial charge in [0.05, 0.1) is 0 Å². The molecule has 2 rings (SSSR count). The average Bonchev–Trinajstić information content (AvgIpc) is 2.41. The van der Waals surface area contributed by atoms with E-state index in [1.807, 2.05) is 13.8 Å². The second kappa shape index (κ2) is 6.43. The van der Waals surface area contributed by atoms with Gasteiger partial charge in [-0.05, 0) is 45.2 Å². The summed E-state index contributed by atoms with van der Waals surface area (Å²) in [6.07, 6.45) is 2.10. The van der Waals surface area contributed by atoms with E-state index < -0.39 is 17.3 Å². The zero-order valence-corrected chi connectivity index (χ0v) is 12.4. The fourth-order valence-electron chi connectivity index (χ4n) is 2.98. The Morgan fingerprint density at radius 1 is 1.48 bits per heavy atom. The van der Waals surface area contributed by atoms with E-state index in [0.29, 0.717) is 12.8 Å². The van der Waals surface area contributed by atoms with Crippen LogP contribution in [-0.4, -0.2) is 28.8 Å². The smallest absolute Gasteiger partial charge is 0.324 e. The van der Waals surface area contributed by atoms with Crippen molar-refractivity contribution in [3.05, 3.63) is 30.1 Å². The van der Waals surface area contributed by atoms with Gasteiger partial charge in [-0.15, -0.1) is 0 Å². The van der Waals surface area contributed by atoms with E-state index in [-0.39, 0.29) is 17.9 Å². The Morgan fingerprint density at radius 2 is 2.19 bits per heavy atom. The number of ether oxygens (including phenoxy) is 1. The second-order valence-electron chi connectivity index (χ2n) is 5.95. The molecule has 1 aliphatic carbocycles. The Kier molecular flexibility index (Phi) is 4.83. The van der Waals surface area contributed by atoms with Crippen LogP contribution in [0.25, 0.3) is 0 Å². The zero-order chi connectivity index (χ0) is 15.5. The van der Waals surface area contributed by atoms with Gasteiger partial charge in [-0.1, -0.05) is 12.1 Å². The lowest BCUT2D eigenvalue weighted by Crippen LogP contribution is -2.58. The molecule has 2 unspecified atom stereocenters. The number of rotatable bonds is 5. The standard InChI is InChI=1S/C16H22FNO3/c1-11(2)18-16(15(19)20)9-5-6-12(10-16)21-14-8-4-3-7-13(14)17/h3-4,7-8,11-12,18H,5-6,9-10H2,1-2H3,(H,19,20). The van der Waals surface area contributed by atoms with E-state index in [1.165, 1.54) is 6.07 Å². The lowest BCUT2D eigenvalue weighted by molar-refractivity contribution is -0.148. The first-order valence-corrected chi connectivity index (χ1v) is 7.35. The minimum atomic E-state index is -0.984. The molecule has 2 atom stereocenters. The quantitative estimate of drug-likeness (QED) is 0.877. The lowest BCUT2D eigenvalue weighted by atomic mass is 9.79. The van der Waals surface area contributed by atoms with Crippen molar-refractivity contribution in [3.63, 3.8) is 0 Å². The molecule has 0 amide bonds. The molecule has 5 heteroatoms. The maximum Gasteiger partial charge on any atom is 0.324 e. The van der Waals surface area contributed by atoms with Gasteiger partial charge in [0.25, 0.3) is 0 Å². The van der Waals surface area contributed by atoms with Crippen molar-refractivity contribution in [1.82, 2.24) is 5.32 Å². The summed E-state index contributed by atoms with van der Waals surface area (Å²) in [5, 5.41) is 12.7. The summed E-state index contributed by atoms with van der Waals surface area (Å²) in [6, 6.07) is 6.29. The molecule has 0 heterocycles. The molecule has 4 nitrogen and oxygen atoms in total. The van der Waals surface area contributed by atoms with Crippen LogP contribution in [-0.2, 0) is 4.79 Å². The molecule has 0 aliphatic heterocycles. The van der Waals surface area contributed by atoms with Gasteiger partial charge in [0.2, 0.25) is 0 Å². The highest BCUT2D eigenvalue weighted by Crippen LogP contribution is 2.32. The molecule has 1 aliphatic rings. The molecule has 0 radical (unpaired) electrons. The van der Waals surface area contributed by atoms with Gasteiger partial charge >= 0.3 is 5.97 Å². The number of carbonyl (C=O) groups is 1. The fourth-order valence-corrected chi connectivity index (χ4v) is 2.98.